The number of halogens is 3. The minimum Gasteiger partial charge on any atom is -0.375 e. The van der Waals surface area contributed by atoms with Gasteiger partial charge in [-0.05, 0) is 28.1 Å². The summed E-state index contributed by atoms with van der Waals surface area (Å²) in [6.07, 6.45) is 1.51. The smallest absolute Gasteiger partial charge is 0.180 e. The maximum Gasteiger partial charge on any atom is 0.180 e. The molecule has 0 saturated heterocycles. The van der Waals surface area contributed by atoms with E-state index in [0.717, 1.165) is 0 Å². The van der Waals surface area contributed by atoms with Crippen molar-refractivity contribution in [1.82, 2.24) is 4.98 Å². The van der Waals surface area contributed by atoms with Gasteiger partial charge in [0.2, 0.25) is 0 Å². The van der Waals surface area contributed by atoms with E-state index in [0.29, 0.717) is 25.1 Å². The predicted molar refractivity (Wildman–Crippen MR) is 64.6 cm³/mol. The number of hydrogen-bond donors (Lipinski definition) is 1. The highest BCUT2D eigenvalue weighted by molar-refractivity contribution is 9.10. The Morgan fingerprint density at radius 1 is 1.47 bits per heavy atom. The Bertz CT molecular complexity index is 515. The van der Waals surface area contributed by atoms with Gasteiger partial charge < -0.3 is 5.73 Å². The van der Waals surface area contributed by atoms with Crippen LogP contribution in [0.4, 0.5) is 9.52 Å². The number of nitrogens with two attached hydrogens (primary N) is 1. The number of hydrogen-bond acceptors (Lipinski definition) is 3. The fourth-order valence-electron chi connectivity index (χ4n) is 1.16. The number of benzene rings is 1. The molecule has 78 valence electrons. The summed E-state index contributed by atoms with van der Waals surface area (Å²) >= 11 is 10.2. The highest BCUT2D eigenvalue weighted by Crippen LogP contribution is 2.37. The van der Waals surface area contributed by atoms with E-state index in [9.17, 15) is 4.39 Å². The lowest BCUT2D eigenvalue weighted by Gasteiger charge is -2.04. The summed E-state index contributed by atoms with van der Waals surface area (Å²) in [5.74, 6) is -0.397. The van der Waals surface area contributed by atoms with Crippen LogP contribution in [-0.4, -0.2) is 4.98 Å². The van der Waals surface area contributed by atoms with E-state index in [-0.39, 0.29) is 0 Å². The van der Waals surface area contributed by atoms with Crippen LogP contribution in [0.3, 0.4) is 0 Å². The minimum absolute atomic E-state index is 0.334. The molecule has 0 atom stereocenters. The van der Waals surface area contributed by atoms with Crippen molar-refractivity contribution in [2.24, 2.45) is 0 Å². The van der Waals surface area contributed by atoms with Gasteiger partial charge in [-0.25, -0.2) is 9.37 Å². The van der Waals surface area contributed by atoms with Crippen molar-refractivity contribution in [3.63, 3.8) is 0 Å². The molecule has 2 aromatic rings. The summed E-state index contributed by atoms with van der Waals surface area (Å²) in [7, 11) is 0. The minimum atomic E-state index is -0.397. The molecule has 0 aliphatic carbocycles. The molecular weight excluding hydrogens is 303 g/mol. The third kappa shape index (κ3) is 2.00. The summed E-state index contributed by atoms with van der Waals surface area (Å²) in [5, 5.41) is 0.736. The summed E-state index contributed by atoms with van der Waals surface area (Å²) in [6, 6.07) is 3.19. The molecule has 1 heterocycles. The number of anilines is 1. The first-order valence-corrected chi connectivity index (χ1v) is 5.93. The van der Waals surface area contributed by atoms with E-state index < -0.39 is 5.82 Å². The summed E-state index contributed by atoms with van der Waals surface area (Å²) in [6.45, 7) is 0. The molecule has 0 saturated carbocycles. The second-order valence-corrected chi connectivity index (χ2v) is 5.10. The average molecular weight is 308 g/mol. The van der Waals surface area contributed by atoms with Crippen LogP contribution in [0.15, 0.2) is 22.8 Å². The Hall–Kier alpha value is -0.650. The first-order valence-electron chi connectivity index (χ1n) is 3.95. The SMILES string of the molecule is Nc1ncc(-c2c(Cl)ccc(Br)c2F)s1. The van der Waals surface area contributed by atoms with Crippen LogP contribution in [0.1, 0.15) is 0 Å². The fourth-order valence-corrected chi connectivity index (χ4v) is 2.53. The maximum absolute atomic E-state index is 13.8. The van der Waals surface area contributed by atoms with Crippen molar-refractivity contribution >= 4 is 44.0 Å². The summed E-state index contributed by atoms with van der Waals surface area (Å²) < 4.78 is 14.1. The lowest BCUT2D eigenvalue weighted by molar-refractivity contribution is 0.625. The second kappa shape index (κ2) is 4.08. The number of rotatable bonds is 1. The molecule has 0 unspecified atom stereocenters. The van der Waals surface area contributed by atoms with E-state index in [1.165, 1.54) is 17.5 Å². The largest absolute Gasteiger partial charge is 0.375 e. The van der Waals surface area contributed by atoms with E-state index >= 15 is 0 Å². The highest BCUT2D eigenvalue weighted by atomic mass is 79.9. The third-order valence-electron chi connectivity index (χ3n) is 1.81. The van der Waals surface area contributed by atoms with E-state index in [1.807, 2.05) is 0 Å². The van der Waals surface area contributed by atoms with Gasteiger partial charge in [0, 0.05) is 11.8 Å². The van der Waals surface area contributed by atoms with Crippen LogP contribution in [0.5, 0.6) is 0 Å². The van der Waals surface area contributed by atoms with Gasteiger partial charge in [-0.2, -0.15) is 0 Å². The Kier molecular flexibility index (Phi) is 2.95. The highest BCUT2D eigenvalue weighted by Gasteiger charge is 2.15. The number of aromatic nitrogens is 1. The van der Waals surface area contributed by atoms with Gasteiger partial charge >= 0.3 is 0 Å². The average Bonchev–Trinajstić information content (AvgIpc) is 2.59. The molecule has 0 fully saturated rings. The lowest BCUT2D eigenvalue weighted by Crippen LogP contribution is -1.85. The standard InChI is InChI=1S/C9H5BrClFN2S/c10-4-1-2-5(11)7(8(4)12)6-3-14-9(13)15-6/h1-3H,(H2,13,14). The van der Waals surface area contributed by atoms with Crippen molar-refractivity contribution < 1.29 is 4.39 Å². The quantitative estimate of drug-likeness (QED) is 0.810. The van der Waals surface area contributed by atoms with Gasteiger partial charge in [0.25, 0.3) is 0 Å². The van der Waals surface area contributed by atoms with Crippen LogP contribution < -0.4 is 5.73 Å². The first kappa shape index (κ1) is 10.9. The zero-order valence-corrected chi connectivity index (χ0v) is 10.5. The zero-order chi connectivity index (χ0) is 11.0. The number of nitrogen functional groups attached to an aromatic ring is 1. The zero-order valence-electron chi connectivity index (χ0n) is 7.30. The molecule has 2 N–H and O–H groups in total. The van der Waals surface area contributed by atoms with Crippen LogP contribution in [0.2, 0.25) is 5.02 Å². The molecule has 0 aliphatic rings. The van der Waals surface area contributed by atoms with Crippen molar-refractivity contribution in [2.45, 2.75) is 0 Å². The number of thiazole rings is 1. The lowest BCUT2D eigenvalue weighted by atomic mass is 10.2. The van der Waals surface area contributed by atoms with Crippen LogP contribution in [-0.2, 0) is 0 Å². The summed E-state index contributed by atoms with van der Waals surface area (Å²) in [4.78, 5) is 4.48. The molecule has 1 aromatic carbocycles. The Morgan fingerprint density at radius 3 is 2.80 bits per heavy atom. The fraction of sp³-hybridized carbons (Fsp3) is 0. The molecule has 2 rings (SSSR count). The van der Waals surface area contributed by atoms with Gasteiger partial charge in [0.1, 0.15) is 5.82 Å². The Labute approximate surface area is 103 Å². The normalized spacial score (nSPS) is 10.6. The molecule has 0 amide bonds. The van der Waals surface area contributed by atoms with E-state index in [1.54, 1.807) is 12.1 Å². The van der Waals surface area contributed by atoms with Crippen molar-refractivity contribution in [3.05, 3.63) is 33.6 Å². The molecule has 0 aliphatic heterocycles. The van der Waals surface area contributed by atoms with Gasteiger partial charge in [0.05, 0.1) is 14.4 Å². The van der Waals surface area contributed by atoms with Crippen molar-refractivity contribution in [2.75, 3.05) is 5.73 Å². The van der Waals surface area contributed by atoms with Crippen molar-refractivity contribution in [1.29, 1.82) is 0 Å². The van der Waals surface area contributed by atoms with E-state index in [2.05, 4.69) is 20.9 Å². The van der Waals surface area contributed by atoms with Gasteiger partial charge in [-0.3, -0.25) is 0 Å². The maximum atomic E-state index is 13.8. The number of nitrogens with zero attached hydrogens (tertiary/aromatic N) is 1. The molecule has 0 radical (unpaired) electrons. The van der Waals surface area contributed by atoms with E-state index in [4.69, 9.17) is 17.3 Å². The van der Waals surface area contributed by atoms with Gasteiger partial charge in [0.15, 0.2) is 5.13 Å². The second-order valence-electron chi connectivity index (χ2n) is 2.78. The molecule has 15 heavy (non-hydrogen) atoms. The molecule has 0 bridgehead atoms. The predicted octanol–water partition coefficient (Wildman–Crippen LogP) is 3.95. The van der Waals surface area contributed by atoms with Gasteiger partial charge in [-0.1, -0.05) is 22.9 Å². The van der Waals surface area contributed by atoms with Gasteiger partial charge in [-0.15, -0.1) is 0 Å². The van der Waals surface area contributed by atoms with Crippen molar-refractivity contribution in [3.8, 4) is 10.4 Å². The summed E-state index contributed by atoms with van der Waals surface area (Å²) in [5.41, 5.74) is 5.82. The molecule has 1 aromatic heterocycles. The van der Waals surface area contributed by atoms with Crippen LogP contribution in [0.25, 0.3) is 10.4 Å². The topological polar surface area (TPSA) is 38.9 Å². The molecule has 6 heteroatoms. The van der Waals surface area contributed by atoms with Crippen LogP contribution in [0, 0.1) is 5.82 Å². The molecular formula is C9H5BrClFN2S. The Balaban J connectivity index is 2.66. The third-order valence-corrected chi connectivity index (χ3v) is 3.59. The van der Waals surface area contributed by atoms with Crippen LogP contribution >= 0.6 is 38.9 Å². The molecule has 0 spiro atoms. The first-order chi connectivity index (χ1) is 7.09. The Morgan fingerprint density at radius 2 is 2.20 bits per heavy atom. The monoisotopic (exact) mass is 306 g/mol. The molecule has 2 nitrogen and oxygen atoms in total.